The van der Waals surface area contributed by atoms with Crippen molar-refractivity contribution in [3.63, 3.8) is 0 Å². The number of nitrogens with one attached hydrogen (secondary N) is 1. The molecule has 2 aliphatic rings. The van der Waals surface area contributed by atoms with Crippen LogP contribution in [-0.4, -0.2) is 42.8 Å². The molecule has 1 N–H and O–H groups in total. The molecule has 92 valence electrons. The van der Waals surface area contributed by atoms with E-state index in [1.54, 1.807) is 7.11 Å². The molecule has 4 heteroatoms. The van der Waals surface area contributed by atoms with E-state index in [1.807, 2.05) is 4.90 Å². The van der Waals surface area contributed by atoms with Gasteiger partial charge in [-0.3, -0.25) is 10.1 Å². The molecule has 1 aliphatic carbocycles. The maximum atomic E-state index is 11.8. The fourth-order valence-electron chi connectivity index (χ4n) is 2.65. The first-order chi connectivity index (χ1) is 7.58. The fraction of sp³-hybridized carbons (Fsp3) is 0.917. The molecule has 1 atom stereocenters. The standard InChI is InChI=1S/C12H22N2O2/c1-9(2)11-13-7-10(15)14(11)8-12(16-3)5-4-6-12/h9,11,13H,4-8H2,1-3H3. The first kappa shape index (κ1) is 11.9. The molecule has 0 aromatic carbocycles. The zero-order valence-corrected chi connectivity index (χ0v) is 10.5. The first-order valence-corrected chi connectivity index (χ1v) is 6.16. The maximum Gasteiger partial charge on any atom is 0.237 e. The Morgan fingerprint density at radius 1 is 1.56 bits per heavy atom. The average molecular weight is 226 g/mol. The molecule has 2 rings (SSSR count). The quantitative estimate of drug-likeness (QED) is 0.776. The van der Waals surface area contributed by atoms with Gasteiger partial charge in [-0.15, -0.1) is 0 Å². The fourth-order valence-corrected chi connectivity index (χ4v) is 2.65. The highest BCUT2D eigenvalue weighted by atomic mass is 16.5. The Morgan fingerprint density at radius 2 is 2.25 bits per heavy atom. The van der Waals surface area contributed by atoms with E-state index in [0.717, 1.165) is 19.4 Å². The molecule has 1 amide bonds. The summed E-state index contributed by atoms with van der Waals surface area (Å²) in [5.74, 6) is 0.655. The van der Waals surface area contributed by atoms with Crippen LogP contribution >= 0.6 is 0 Å². The van der Waals surface area contributed by atoms with Gasteiger partial charge in [-0.2, -0.15) is 0 Å². The molecule has 1 unspecified atom stereocenters. The van der Waals surface area contributed by atoms with Crippen LogP contribution in [0.15, 0.2) is 0 Å². The first-order valence-electron chi connectivity index (χ1n) is 6.16. The van der Waals surface area contributed by atoms with Crippen molar-refractivity contribution < 1.29 is 9.53 Å². The Bertz CT molecular complexity index is 269. The molecule has 0 aromatic heterocycles. The molecule has 0 radical (unpaired) electrons. The summed E-state index contributed by atoms with van der Waals surface area (Å²) in [5.41, 5.74) is -0.0607. The van der Waals surface area contributed by atoms with Gasteiger partial charge in [0, 0.05) is 7.11 Å². The second-order valence-electron chi connectivity index (χ2n) is 5.33. The van der Waals surface area contributed by atoms with Crippen molar-refractivity contribution in [1.29, 1.82) is 0 Å². The van der Waals surface area contributed by atoms with Crippen LogP contribution in [0.3, 0.4) is 0 Å². The van der Waals surface area contributed by atoms with E-state index in [2.05, 4.69) is 19.2 Å². The van der Waals surface area contributed by atoms with Gasteiger partial charge in [-0.05, 0) is 25.2 Å². The molecule has 16 heavy (non-hydrogen) atoms. The van der Waals surface area contributed by atoms with Crippen molar-refractivity contribution in [3.8, 4) is 0 Å². The highest BCUT2D eigenvalue weighted by Crippen LogP contribution is 2.36. The van der Waals surface area contributed by atoms with E-state index in [4.69, 9.17) is 4.74 Å². The van der Waals surface area contributed by atoms with Crippen LogP contribution < -0.4 is 5.32 Å². The molecule has 0 spiro atoms. The predicted molar refractivity (Wildman–Crippen MR) is 61.9 cm³/mol. The molecule has 0 aromatic rings. The largest absolute Gasteiger partial charge is 0.376 e. The predicted octanol–water partition coefficient (Wildman–Crippen LogP) is 0.969. The van der Waals surface area contributed by atoms with E-state index in [9.17, 15) is 4.79 Å². The smallest absolute Gasteiger partial charge is 0.237 e. The number of methoxy groups -OCH3 is 1. The number of ether oxygens (including phenoxy) is 1. The molecule has 1 saturated heterocycles. The average Bonchev–Trinajstić information content (AvgIpc) is 2.54. The number of hydrogen-bond donors (Lipinski definition) is 1. The lowest BCUT2D eigenvalue weighted by Crippen LogP contribution is -2.54. The Balaban J connectivity index is 2.03. The van der Waals surface area contributed by atoms with Crippen LogP contribution in [0.5, 0.6) is 0 Å². The Morgan fingerprint density at radius 3 is 2.69 bits per heavy atom. The minimum atomic E-state index is -0.0607. The normalized spacial score (nSPS) is 28.6. The molecular weight excluding hydrogens is 204 g/mol. The molecular formula is C12H22N2O2. The molecule has 1 aliphatic heterocycles. The number of carbonyl (C=O) groups excluding carboxylic acids is 1. The van der Waals surface area contributed by atoms with Crippen molar-refractivity contribution in [1.82, 2.24) is 10.2 Å². The third kappa shape index (κ3) is 1.96. The topological polar surface area (TPSA) is 41.6 Å². The van der Waals surface area contributed by atoms with Gasteiger partial charge in [-0.1, -0.05) is 13.8 Å². The number of hydrogen-bond acceptors (Lipinski definition) is 3. The highest BCUT2D eigenvalue weighted by molar-refractivity contribution is 5.80. The Hall–Kier alpha value is -0.610. The van der Waals surface area contributed by atoms with Crippen LogP contribution in [0.1, 0.15) is 33.1 Å². The third-order valence-electron chi connectivity index (χ3n) is 3.91. The lowest BCUT2D eigenvalue weighted by molar-refractivity contribution is -0.139. The van der Waals surface area contributed by atoms with E-state index in [0.29, 0.717) is 12.5 Å². The summed E-state index contributed by atoms with van der Waals surface area (Å²) < 4.78 is 5.59. The van der Waals surface area contributed by atoms with Crippen LogP contribution in [-0.2, 0) is 9.53 Å². The van der Waals surface area contributed by atoms with Gasteiger partial charge in [0.05, 0.1) is 24.9 Å². The van der Waals surface area contributed by atoms with Gasteiger partial charge < -0.3 is 9.64 Å². The number of nitrogens with zero attached hydrogens (tertiary/aromatic N) is 1. The number of amides is 1. The van der Waals surface area contributed by atoms with E-state index >= 15 is 0 Å². The summed E-state index contributed by atoms with van der Waals surface area (Å²) in [6, 6.07) is 0. The van der Waals surface area contributed by atoms with Crippen LogP contribution in [0.25, 0.3) is 0 Å². The SMILES string of the molecule is COC1(CN2C(=O)CNC2C(C)C)CCC1. The number of rotatable bonds is 4. The lowest BCUT2D eigenvalue weighted by Gasteiger charge is -2.44. The summed E-state index contributed by atoms with van der Waals surface area (Å²) in [6.45, 7) is 5.51. The van der Waals surface area contributed by atoms with Crippen LogP contribution in [0.2, 0.25) is 0 Å². The summed E-state index contributed by atoms with van der Waals surface area (Å²) in [6.07, 6.45) is 3.56. The molecule has 0 bridgehead atoms. The van der Waals surface area contributed by atoms with Crippen molar-refractivity contribution in [2.45, 2.75) is 44.9 Å². The third-order valence-corrected chi connectivity index (χ3v) is 3.91. The second kappa shape index (κ2) is 4.34. The van der Waals surface area contributed by atoms with Crippen molar-refractivity contribution in [3.05, 3.63) is 0 Å². The summed E-state index contributed by atoms with van der Waals surface area (Å²) in [4.78, 5) is 13.8. The molecule has 4 nitrogen and oxygen atoms in total. The summed E-state index contributed by atoms with van der Waals surface area (Å²) in [5, 5.41) is 3.27. The van der Waals surface area contributed by atoms with E-state index in [-0.39, 0.29) is 17.7 Å². The zero-order valence-electron chi connectivity index (χ0n) is 10.5. The second-order valence-corrected chi connectivity index (χ2v) is 5.33. The van der Waals surface area contributed by atoms with Crippen molar-refractivity contribution >= 4 is 5.91 Å². The molecule has 2 fully saturated rings. The lowest BCUT2D eigenvalue weighted by atomic mass is 9.79. The Kier molecular flexibility index (Phi) is 3.22. The van der Waals surface area contributed by atoms with Gasteiger partial charge >= 0.3 is 0 Å². The zero-order chi connectivity index (χ0) is 11.8. The van der Waals surface area contributed by atoms with E-state index in [1.165, 1.54) is 6.42 Å². The number of carbonyl (C=O) groups is 1. The van der Waals surface area contributed by atoms with Crippen molar-refractivity contribution in [2.75, 3.05) is 20.2 Å². The molecule has 1 saturated carbocycles. The monoisotopic (exact) mass is 226 g/mol. The summed E-state index contributed by atoms with van der Waals surface area (Å²) in [7, 11) is 1.76. The maximum absolute atomic E-state index is 11.8. The Labute approximate surface area is 97.3 Å². The van der Waals surface area contributed by atoms with Crippen LogP contribution in [0, 0.1) is 5.92 Å². The van der Waals surface area contributed by atoms with Gasteiger partial charge in [-0.25, -0.2) is 0 Å². The van der Waals surface area contributed by atoms with Gasteiger partial charge in [0.1, 0.15) is 0 Å². The minimum absolute atomic E-state index is 0.0607. The molecule has 1 heterocycles. The van der Waals surface area contributed by atoms with Crippen LogP contribution in [0.4, 0.5) is 0 Å². The van der Waals surface area contributed by atoms with Gasteiger partial charge in [0.2, 0.25) is 5.91 Å². The van der Waals surface area contributed by atoms with Crippen molar-refractivity contribution in [2.24, 2.45) is 5.92 Å². The summed E-state index contributed by atoms with van der Waals surface area (Å²) >= 11 is 0. The van der Waals surface area contributed by atoms with E-state index < -0.39 is 0 Å². The van der Waals surface area contributed by atoms with Gasteiger partial charge in [0.25, 0.3) is 0 Å². The van der Waals surface area contributed by atoms with Gasteiger partial charge in [0.15, 0.2) is 0 Å². The highest BCUT2D eigenvalue weighted by Gasteiger charge is 2.43. The minimum Gasteiger partial charge on any atom is -0.376 e.